The number of fused-ring (bicyclic) bond motifs is 2. The highest BCUT2D eigenvalue weighted by atomic mass is 16.5. The number of carbonyl (C=O) groups excluding carboxylic acids is 2. The van der Waals surface area contributed by atoms with Gasteiger partial charge in [0, 0.05) is 11.4 Å². The first-order chi connectivity index (χ1) is 16.7. The topological polar surface area (TPSA) is 68.3 Å². The van der Waals surface area contributed by atoms with Crippen LogP contribution in [0.25, 0.3) is 22.6 Å². The molecule has 1 fully saturated rings. The van der Waals surface area contributed by atoms with Crippen molar-refractivity contribution in [3.05, 3.63) is 77.0 Å². The summed E-state index contributed by atoms with van der Waals surface area (Å²) in [6.45, 7) is -0.256. The van der Waals surface area contributed by atoms with Crippen LogP contribution in [0.5, 0.6) is 0 Å². The van der Waals surface area contributed by atoms with Crippen molar-refractivity contribution >= 4 is 34.4 Å². The summed E-state index contributed by atoms with van der Waals surface area (Å²) in [5.41, 5.74) is 5.30. The van der Waals surface area contributed by atoms with Crippen LogP contribution in [0.1, 0.15) is 72.1 Å². The predicted molar refractivity (Wildman–Crippen MR) is 134 cm³/mol. The quantitative estimate of drug-likeness (QED) is 0.396. The van der Waals surface area contributed by atoms with Gasteiger partial charge in [-0.2, -0.15) is 0 Å². The number of nitrogens with one attached hydrogen (secondary N) is 1. The minimum atomic E-state index is -0.452. The first-order valence-corrected chi connectivity index (χ1v) is 12.3. The van der Waals surface area contributed by atoms with Crippen LogP contribution >= 0.6 is 0 Å². The standard InChI is InChI=1S/C29H30N2O3/c32-26(30-22-12-6-1-2-7-13-22)19-34-29(33)27-23-14-8-9-15-25(23)31-28-21(16-17-24(27)28)18-20-10-4-3-5-11-20/h3-5,8-11,14-15,18,22H,1-2,6-7,12-13,16-17,19H2,(H,30,32). The maximum atomic E-state index is 13.3. The van der Waals surface area contributed by atoms with Gasteiger partial charge < -0.3 is 10.1 Å². The number of amides is 1. The van der Waals surface area contributed by atoms with Gasteiger partial charge in [-0.15, -0.1) is 0 Å². The number of esters is 1. The molecule has 1 saturated carbocycles. The lowest BCUT2D eigenvalue weighted by Crippen LogP contribution is -2.37. The van der Waals surface area contributed by atoms with Gasteiger partial charge in [-0.05, 0) is 54.5 Å². The summed E-state index contributed by atoms with van der Waals surface area (Å²) >= 11 is 0. The number of allylic oxidation sites excluding steroid dienone is 1. The van der Waals surface area contributed by atoms with E-state index in [9.17, 15) is 9.59 Å². The van der Waals surface area contributed by atoms with Crippen LogP contribution in [0.4, 0.5) is 0 Å². The zero-order valence-electron chi connectivity index (χ0n) is 19.4. The van der Waals surface area contributed by atoms with E-state index in [0.29, 0.717) is 5.56 Å². The fourth-order valence-electron chi connectivity index (χ4n) is 5.16. The molecule has 0 aliphatic heterocycles. The van der Waals surface area contributed by atoms with Crippen molar-refractivity contribution in [3.63, 3.8) is 0 Å². The molecule has 2 aliphatic rings. The fraction of sp³-hybridized carbons (Fsp3) is 0.345. The lowest BCUT2D eigenvalue weighted by molar-refractivity contribution is -0.125. The Morgan fingerprint density at radius 1 is 0.941 bits per heavy atom. The number of para-hydroxylation sites is 1. The third kappa shape index (κ3) is 4.89. The molecule has 34 heavy (non-hydrogen) atoms. The lowest BCUT2D eigenvalue weighted by Gasteiger charge is -2.16. The van der Waals surface area contributed by atoms with E-state index in [4.69, 9.17) is 9.72 Å². The molecule has 174 valence electrons. The second-order valence-corrected chi connectivity index (χ2v) is 9.24. The third-order valence-corrected chi connectivity index (χ3v) is 6.84. The van der Waals surface area contributed by atoms with E-state index in [1.54, 1.807) is 0 Å². The smallest absolute Gasteiger partial charge is 0.339 e. The summed E-state index contributed by atoms with van der Waals surface area (Å²) in [4.78, 5) is 30.7. The first kappa shape index (κ1) is 22.3. The van der Waals surface area contributed by atoms with Crippen LogP contribution in [0.2, 0.25) is 0 Å². The molecule has 1 heterocycles. The molecule has 0 atom stereocenters. The highest BCUT2D eigenvalue weighted by Crippen LogP contribution is 2.37. The molecule has 0 bridgehead atoms. The summed E-state index contributed by atoms with van der Waals surface area (Å²) in [7, 11) is 0. The minimum Gasteiger partial charge on any atom is -0.452 e. The summed E-state index contributed by atoms with van der Waals surface area (Å²) < 4.78 is 5.55. The number of aromatic nitrogens is 1. The van der Waals surface area contributed by atoms with Gasteiger partial charge in [0.25, 0.3) is 5.91 Å². The van der Waals surface area contributed by atoms with Gasteiger partial charge in [0.05, 0.1) is 16.8 Å². The number of rotatable bonds is 5. The molecule has 1 aromatic heterocycles. The number of hydrogen-bond donors (Lipinski definition) is 1. The second-order valence-electron chi connectivity index (χ2n) is 9.24. The predicted octanol–water partition coefficient (Wildman–Crippen LogP) is 5.72. The van der Waals surface area contributed by atoms with Gasteiger partial charge in [0.2, 0.25) is 0 Å². The third-order valence-electron chi connectivity index (χ3n) is 6.84. The van der Waals surface area contributed by atoms with Gasteiger partial charge in [0.1, 0.15) is 0 Å². The number of benzene rings is 2. The second kappa shape index (κ2) is 10.2. The number of ether oxygens (including phenoxy) is 1. The molecule has 1 N–H and O–H groups in total. The highest BCUT2D eigenvalue weighted by Gasteiger charge is 2.28. The number of nitrogens with zero attached hydrogens (tertiary/aromatic N) is 1. The average Bonchev–Trinajstić information content (AvgIpc) is 3.07. The van der Waals surface area contributed by atoms with Crippen molar-refractivity contribution in [3.8, 4) is 0 Å². The summed E-state index contributed by atoms with van der Waals surface area (Å²) in [6.07, 6.45) is 10.4. The van der Waals surface area contributed by atoms with Crippen LogP contribution in [-0.4, -0.2) is 29.5 Å². The Morgan fingerprint density at radius 2 is 1.68 bits per heavy atom. The Bertz CT molecular complexity index is 1220. The fourth-order valence-corrected chi connectivity index (χ4v) is 5.16. The molecule has 0 spiro atoms. The molecule has 0 radical (unpaired) electrons. The molecule has 2 aromatic carbocycles. The Hall–Kier alpha value is -3.47. The van der Waals surface area contributed by atoms with E-state index in [-0.39, 0.29) is 18.6 Å². The Balaban J connectivity index is 1.39. The summed E-state index contributed by atoms with van der Waals surface area (Å²) in [5, 5.41) is 3.83. The maximum Gasteiger partial charge on any atom is 0.339 e. The molecule has 1 amide bonds. The average molecular weight is 455 g/mol. The first-order valence-electron chi connectivity index (χ1n) is 12.3. The number of pyridine rings is 1. The Morgan fingerprint density at radius 3 is 2.47 bits per heavy atom. The number of hydrogen-bond acceptors (Lipinski definition) is 4. The molecule has 0 unspecified atom stereocenters. The molecular formula is C29H30N2O3. The largest absolute Gasteiger partial charge is 0.452 e. The zero-order chi connectivity index (χ0) is 23.3. The molecular weight excluding hydrogens is 424 g/mol. The van der Waals surface area contributed by atoms with Crippen LogP contribution in [0.3, 0.4) is 0 Å². The number of carbonyl (C=O) groups is 2. The molecule has 5 heteroatoms. The van der Waals surface area contributed by atoms with E-state index in [2.05, 4.69) is 23.5 Å². The van der Waals surface area contributed by atoms with Crippen molar-refractivity contribution in [2.75, 3.05) is 6.61 Å². The molecule has 3 aromatic rings. The van der Waals surface area contributed by atoms with Gasteiger partial charge in [-0.1, -0.05) is 74.2 Å². The SMILES string of the molecule is O=C(COC(=O)c1c2c(nc3ccccc13)C(=Cc1ccccc1)CC2)NC1CCCCCC1. The van der Waals surface area contributed by atoms with Crippen molar-refractivity contribution in [2.24, 2.45) is 0 Å². The van der Waals surface area contributed by atoms with E-state index >= 15 is 0 Å². The van der Waals surface area contributed by atoms with Crippen molar-refractivity contribution in [1.82, 2.24) is 10.3 Å². The Labute approximate surface area is 200 Å². The van der Waals surface area contributed by atoms with Crippen molar-refractivity contribution in [1.29, 1.82) is 0 Å². The van der Waals surface area contributed by atoms with Crippen LogP contribution in [-0.2, 0) is 16.0 Å². The van der Waals surface area contributed by atoms with E-state index in [1.165, 1.54) is 12.8 Å². The van der Waals surface area contributed by atoms with E-state index in [1.807, 2.05) is 42.5 Å². The van der Waals surface area contributed by atoms with Crippen molar-refractivity contribution < 1.29 is 14.3 Å². The van der Waals surface area contributed by atoms with E-state index in [0.717, 1.165) is 71.8 Å². The molecule has 5 rings (SSSR count). The van der Waals surface area contributed by atoms with Crippen LogP contribution in [0.15, 0.2) is 54.6 Å². The lowest BCUT2D eigenvalue weighted by atomic mass is 10.0. The van der Waals surface area contributed by atoms with E-state index < -0.39 is 5.97 Å². The zero-order valence-corrected chi connectivity index (χ0v) is 19.4. The minimum absolute atomic E-state index is 0.186. The van der Waals surface area contributed by atoms with Gasteiger partial charge in [-0.25, -0.2) is 9.78 Å². The summed E-state index contributed by atoms with van der Waals surface area (Å²) in [6, 6.07) is 18.0. The normalized spacial score (nSPS) is 17.4. The highest BCUT2D eigenvalue weighted by molar-refractivity contribution is 6.07. The van der Waals surface area contributed by atoms with Gasteiger partial charge in [-0.3, -0.25) is 4.79 Å². The maximum absolute atomic E-state index is 13.3. The Kier molecular flexibility index (Phi) is 6.70. The monoisotopic (exact) mass is 454 g/mol. The van der Waals surface area contributed by atoms with Gasteiger partial charge >= 0.3 is 5.97 Å². The van der Waals surface area contributed by atoms with Crippen LogP contribution in [0, 0.1) is 0 Å². The molecule has 2 aliphatic carbocycles. The van der Waals surface area contributed by atoms with Gasteiger partial charge in [0.15, 0.2) is 6.61 Å². The molecule has 5 nitrogen and oxygen atoms in total. The van der Waals surface area contributed by atoms with Crippen LogP contribution < -0.4 is 5.32 Å². The molecule has 0 saturated heterocycles. The summed E-state index contributed by atoms with van der Waals surface area (Å²) in [5.74, 6) is -0.674. The van der Waals surface area contributed by atoms with Crippen molar-refractivity contribution in [2.45, 2.75) is 57.4 Å².